The third-order valence-electron chi connectivity index (χ3n) is 5.18. The molecule has 0 aliphatic carbocycles. The molecule has 2 amide bonds. The van der Waals surface area contributed by atoms with Gasteiger partial charge in [-0.3, -0.25) is 9.78 Å². The van der Waals surface area contributed by atoms with Crippen LogP contribution in [0.15, 0.2) is 79.3 Å². The van der Waals surface area contributed by atoms with E-state index in [2.05, 4.69) is 25.7 Å². The summed E-state index contributed by atoms with van der Waals surface area (Å²) in [7, 11) is 0. The third kappa shape index (κ3) is 4.62. The normalized spacial score (nSPS) is 10.9. The first-order chi connectivity index (χ1) is 17.4. The van der Waals surface area contributed by atoms with Crippen molar-refractivity contribution in [3.63, 3.8) is 0 Å². The predicted octanol–water partition coefficient (Wildman–Crippen LogP) is 5.62. The molecule has 0 atom stereocenters. The molecule has 0 spiro atoms. The van der Waals surface area contributed by atoms with E-state index in [1.54, 1.807) is 24.5 Å². The molecule has 0 saturated carbocycles. The van der Waals surface area contributed by atoms with Crippen molar-refractivity contribution in [3.8, 4) is 5.82 Å². The Balaban J connectivity index is 1.44. The fourth-order valence-electron chi connectivity index (χ4n) is 3.51. The zero-order chi connectivity index (χ0) is 25.2. The van der Waals surface area contributed by atoms with E-state index < -0.39 is 29.0 Å². The van der Waals surface area contributed by atoms with Gasteiger partial charge in [-0.25, -0.2) is 23.2 Å². The summed E-state index contributed by atoms with van der Waals surface area (Å²) in [5.41, 5.74) is 0.517. The van der Waals surface area contributed by atoms with E-state index in [0.29, 0.717) is 16.9 Å². The van der Waals surface area contributed by atoms with Crippen molar-refractivity contribution in [1.82, 2.24) is 19.7 Å². The lowest BCUT2D eigenvalue weighted by molar-refractivity contribution is 0.103. The number of aromatic nitrogens is 4. The van der Waals surface area contributed by atoms with Gasteiger partial charge >= 0.3 is 6.03 Å². The Kier molecular flexibility index (Phi) is 6.09. The molecule has 0 unspecified atom stereocenters. The standard InChI is InChI=1S/C25H15ClF2N6O2/c26-17-6-8-19(33-25(36)31-16-4-1-3-15(27)12-16)23(28)22(17)24(35)14-5-7-18-20(11-14)32-21(13-29-18)34-10-2-9-30-34/h1-13H,(H2,31,33,36). The number of urea groups is 1. The molecule has 0 aliphatic heterocycles. The van der Waals surface area contributed by atoms with Crippen molar-refractivity contribution >= 4 is 45.8 Å². The predicted molar refractivity (Wildman–Crippen MR) is 131 cm³/mol. The van der Waals surface area contributed by atoms with Crippen LogP contribution in [0.25, 0.3) is 16.9 Å². The topological polar surface area (TPSA) is 102 Å². The lowest BCUT2D eigenvalue weighted by Crippen LogP contribution is -2.21. The van der Waals surface area contributed by atoms with Gasteiger partial charge in [-0.05, 0) is 54.6 Å². The fourth-order valence-corrected chi connectivity index (χ4v) is 3.74. The number of carbonyl (C=O) groups is 2. The number of nitrogens with zero attached hydrogens (tertiary/aromatic N) is 4. The first kappa shape index (κ1) is 23.1. The molecule has 178 valence electrons. The molecule has 36 heavy (non-hydrogen) atoms. The number of hydrogen-bond donors (Lipinski definition) is 2. The molecule has 0 saturated heterocycles. The third-order valence-corrected chi connectivity index (χ3v) is 5.49. The average molecular weight is 505 g/mol. The highest BCUT2D eigenvalue weighted by molar-refractivity contribution is 6.35. The zero-order valence-corrected chi connectivity index (χ0v) is 19.0. The highest BCUT2D eigenvalue weighted by Crippen LogP contribution is 2.29. The molecule has 0 aliphatic rings. The van der Waals surface area contributed by atoms with Gasteiger partial charge in [0.25, 0.3) is 0 Å². The van der Waals surface area contributed by atoms with Crippen LogP contribution in [0.4, 0.5) is 25.0 Å². The molecule has 11 heteroatoms. The molecule has 0 radical (unpaired) electrons. The quantitative estimate of drug-likeness (QED) is 0.302. The summed E-state index contributed by atoms with van der Waals surface area (Å²) < 4.78 is 30.2. The van der Waals surface area contributed by atoms with Gasteiger partial charge in [-0.1, -0.05) is 17.7 Å². The Hall–Kier alpha value is -4.70. The number of anilines is 2. The van der Waals surface area contributed by atoms with Crippen molar-refractivity contribution in [3.05, 3.63) is 107 Å². The van der Waals surface area contributed by atoms with Gasteiger partial charge in [-0.15, -0.1) is 0 Å². The van der Waals surface area contributed by atoms with Crippen LogP contribution in [-0.2, 0) is 0 Å². The van der Waals surface area contributed by atoms with Crippen LogP contribution >= 0.6 is 11.6 Å². The summed E-state index contributed by atoms with van der Waals surface area (Å²) in [5.74, 6) is -1.83. The van der Waals surface area contributed by atoms with E-state index >= 15 is 4.39 Å². The minimum absolute atomic E-state index is 0.122. The Labute approximate surface area is 207 Å². The Morgan fingerprint density at radius 1 is 0.944 bits per heavy atom. The SMILES string of the molecule is O=C(Nc1cccc(F)c1)Nc1ccc(Cl)c(C(=O)c2ccc3ncc(-n4cccn4)nc3c2)c1F. The van der Waals surface area contributed by atoms with Crippen molar-refractivity contribution in [2.45, 2.75) is 0 Å². The number of fused-ring (bicyclic) bond motifs is 1. The van der Waals surface area contributed by atoms with Crippen LogP contribution in [0.2, 0.25) is 5.02 Å². The Morgan fingerprint density at radius 3 is 2.58 bits per heavy atom. The second-order valence-corrected chi connectivity index (χ2v) is 7.99. The summed E-state index contributed by atoms with van der Waals surface area (Å²) in [5, 5.41) is 8.68. The molecular weight excluding hydrogens is 490 g/mol. The number of ketones is 1. The summed E-state index contributed by atoms with van der Waals surface area (Å²) >= 11 is 6.17. The summed E-state index contributed by atoms with van der Waals surface area (Å²) in [6.45, 7) is 0. The van der Waals surface area contributed by atoms with Gasteiger partial charge in [0.2, 0.25) is 0 Å². The van der Waals surface area contributed by atoms with Crippen molar-refractivity contribution < 1.29 is 18.4 Å². The maximum atomic E-state index is 15.3. The number of halogens is 3. The largest absolute Gasteiger partial charge is 0.323 e. The number of amides is 2. The number of benzene rings is 3. The van der Waals surface area contributed by atoms with Crippen LogP contribution < -0.4 is 10.6 Å². The average Bonchev–Trinajstić information content (AvgIpc) is 3.40. The van der Waals surface area contributed by atoms with Crippen LogP contribution in [0.1, 0.15) is 15.9 Å². The van der Waals surface area contributed by atoms with E-state index in [4.69, 9.17) is 11.6 Å². The minimum atomic E-state index is -1.02. The first-order valence-electron chi connectivity index (χ1n) is 10.5. The molecule has 2 N–H and O–H groups in total. The highest BCUT2D eigenvalue weighted by atomic mass is 35.5. The van der Waals surface area contributed by atoms with Gasteiger partial charge in [0.1, 0.15) is 5.82 Å². The molecule has 5 aromatic rings. The number of rotatable bonds is 5. The van der Waals surface area contributed by atoms with Gasteiger partial charge in [0.15, 0.2) is 17.4 Å². The van der Waals surface area contributed by atoms with E-state index in [-0.39, 0.29) is 22.0 Å². The maximum absolute atomic E-state index is 15.3. The lowest BCUT2D eigenvalue weighted by atomic mass is 10.0. The molecule has 0 bridgehead atoms. The Bertz CT molecular complexity index is 1630. The van der Waals surface area contributed by atoms with E-state index in [0.717, 1.165) is 6.07 Å². The second-order valence-electron chi connectivity index (χ2n) is 7.58. The van der Waals surface area contributed by atoms with Crippen molar-refractivity contribution in [1.29, 1.82) is 0 Å². The maximum Gasteiger partial charge on any atom is 0.323 e. The lowest BCUT2D eigenvalue weighted by Gasteiger charge is -2.12. The first-order valence-corrected chi connectivity index (χ1v) is 10.9. The molecule has 5 rings (SSSR count). The smallest absolute Gasteiger partial charge is 0.308 e. The van der Waals surface area contributed by atoms with Gasteiger partial charge < -0.3 is 10.6 Å². The van der Waals surface area contributed by atoms with Gasteiger partial charge in [0, 0.05) is 23.6 Å². The Morgan fingerprint density at radius 2 is 1.81 bits per heavy atom. The minimum Gasteiger partial charge on any atom is -0.308 e. The summed E-state index contributed by atoms with van der Waals surface area (Å²) in [6, 6.07) is 13.2. The van der Waals surface area contributed by atoms with E-state index in [9.17, 15) is 14.0 Å². The number of carbonyl (C=O) groups excluding carboxylic acids is 2. The van der Waals surface area contributed by atoms with Crippen LogP contribution in [0, 0.1) is 11.6 Å². The second kappa shape index (κ2) is 9.51. The van der Waals surface area contributed by atoms with Crippen LogP contribution in [0.3, 0.4) is 0 Å². The monoisotopic (exact) mass is 504 g/mol. The van der Waals surface area contributed by atoms with Gasteiger partial charge in [0.05, 0.1) is 33.5 Å². The van der Waals surface area contributed by atoms with E-state index in [1.807, 2.05) is 0 Å². The number of nitrogens with one attached hydrogen (secondary N) is 2. The zero-order valence-electron chi connectivity index (χ0n) is 18.2. The van der Waals surface area contributed by atoms with Crippen LogP contribution in [0.5, 0.6) is 0 Å². The number of hydrogen-bond acceptors (Lipinski definition) is 5. The van der Waals surface area contributed by atoms with Crippen molar-refractivity contribution in [2.24, 2.45) is 0 Å². The van der Waals surface area contributed by atoms with Crippen molar-refractivity contribution in [2.75, 3.05) is 10.6 Å². The molecule has 2 aromatic heterocycles. The molecule has 0 fully saturated rings. The highest BCUT2D eigenvalue weighted by Gasteiger charge is 2.22. The summed E-state index contributed by atoms with van der Waals surface area (Å²) in [6.07, 6.45) is 4.83. The molecule has 3 aromatic carbocycles. The fraction of sp³-hybridized carbons (Fsp3) is 0. The molecule has 8 nitrogen and oxygen atoms in total. The molecular formula is C25H15ClF2N6O2. The van der Waals surface area contributed by atoms with Crippen LogP contribution in [-0.4, -0.2) is 31.6 Å². The van der Waals surface area contributed by atoms with Gasteiger partial charge in [-0.2, -0.15) is 5.10 Å². The summed E-state index contributed by atoms with van der Waals surface area (Å²) in [4.78, 5) is 34.3. The molecule has 2 heterocycles. The van der Waals surface area contributed by atoms with E-state index in [1.165, 1.54) is 53.3 Å².